The first-order chi connectivity index (χ1) is 11.1. The van der Waals surface area contributed by atoms with E-state index in [4.69, 9.17) is 4.42 Å². The second-order valence-electron chi connectivity index (χ2n) is 6.24. The Kier molecular flexibility index (Phi) is 2.63. The van der Waals surface area contributed by atoms with Crippen molar-refractivity contribution in [2.75, 3.05) is 0 Å². The summed E-state index contributed by atoms with van der Waals surface area (Å²) < 4.78 is 8.34. The van der Waals surface area contributed by atoms with Crippen molar-refractivity contribution in [1.82, 2.24) is 2.78 Å². The molecular formula is C20H14INO. The number of furan rings is 1. The topological polar surface area (TPSA) is 18.1 Å². The maximum atomic E-state index is 6.07. The average molecular weight is 411 g/mol. The molecule has 23 heavy (non-hydrogen) atoms. The molecule has 0 radical (unpaired) electrons. The van der Waals surface area contributed by atoms with Crippen LogP contribution in [0.1, 0.15) is 11.1 Å². The lowest BCUT2D eigenvalue weighted by Crippen LogP contribution is -1.79. The van der Waals surface area contributed by atoms with Gasteiger partial charge in [0.1, 0.15) is 11.2 Å². The Bertz CT molecular complexity index is 1240. The number of benzene rings is 3. The van der Waals surface area contributed by atoms with Gasteiger partial charge in [-0.2, -0.15) is 0 Å². The molecule has 2 nitrogen and oxygen atoms in total. The van der Waals surface area contributed by atoms with E-state index < -0.39 is 0 Å². The lowest BCUT2D eigenvalue weighted by atomic mass is 10.1. The van der Waals surface area contributed by atoms with Gasteiger partial charge in [0.15, 0.2) is 0 Å². The minimum absolute atomic E-state index is 0.954. The van der Waals surface area contributed by atoms with Crippen LogP contribution >= 0.6 is 22.9 Å². The molecule has 0 saturated carbocycles. The summed E-state index contributed by atoms with van der Waals surface area (Å²) in [5, 5.41) is 5.00. The van der Waals surface area contributed by atoms with Crippen molar-refractivity contribution in [1.29, 1.82) is 0 Å². The largest absolute Gasteiger partial charge is 0.456 e. The molecule has 0 atom stereocenters. The minimum Gasteiger partial charge on any atom is -0.456 e. The fourth-order valence-corrected chi connectivity index (χ4v) is 4.46. The van der Waals surface area contributed by atoms with Crippen molar-refractivity contribution in [3.63, 3.8) is 0 Å². The van der Waals surface area contributed by atoms with Crippen LogP contribution in [0.5, 0.6) is 0 Å². The van der Waals surface area contributed by atoms with E-state index in [0.717, 1.165) is 11.2 Å². The second kappa shape index (κ2) is 4.51. The quantitative estimate of drug-likeness (QED) is 0.266. The molecule has 0 unspecified atom stereocenters. The van der Waals surface area contributed by atoms with E-state index in [9.17, 15) is 0 Å². The Morgan fingerprint density at radius 1 is 0.783 bits per heavy atom. The van der Waals surface area contributed by atoms with Gasteiger partial charge in [-0.1, -0.05) is 23.3 Å². The molecule has 0 aliphatic heterocycles. The number of halogens is 1. The van der Waals surface area contributed by atoms with Gasteiger partial charge in [-0.3, -0.25) is 2.78 Å². The summed E-state index contributed by atoms with van der Waals surface area (Å²) >= 11 is 2.41. The fraction of sp³-hybridized carbons (Fsp3) is 0.100. The van der Waals surface area contributed by atoms with E-state index in [1.807, 2.05) is 0 Å². The van der Waals surface area contributed by atoms with E-state index in [2.05, 4.69) is 88.0 Å². The predicted molar refractivity (Wildman–Crippen MR) is 106 cm³/mol. The van der Waals surface area contributed by atoms with Gasteiger partial charge in [-0.25, -0.2) is 0 Å². The van der Waals surface area contributed by atoms with Gasteiger partial charge in [0, 0.05) is 16.2 Å². The minimum atomic E-state index is 0.954. The Labute approximate surface area is 147 Å². The van der Waals surface area contributed by atoms with Crippen LogP contribution < -0.4 is 0 Å². The molecular weight excluding hydrogens is 397 g/mol. The van der Waals surface area contributed by atoms with Crippen LogP contribution in [0.25, 0.3) is 43.7 Å². The predicted octanol–water partition coefficient (Wildman–Crippen LogP) is 6.51. The van der Waals surface area contributed by atoms with E-state index >= 15 is 0 Å². The lowest BCUT2D eigenvalue weighted by molar-refractivity contribution is 0.669. The normalized spacial score (nSPS) is 12.1. The molecule has 0 fully saturated rings. The van der Waals surface area contributed by atoms with Gasteiger partial charge < -0.3 is 4.42 Å². The fourth-order valence-electron chi connectivity index (χ4n) is 3.54. The van der Waals surface area contributed by atoms with E-state index in [-0.39, 0.29) is 0 Å². The van der Waals surface area contributed by atoms with Crippen LogP contribution in [-0.2, 0) is 0 Å². The highest BCUT2D eigenvalue weighted by Crippen LogP contribution is 2.40. The Morgan fingerprint density at radius 3 is 2.30 bits per heavy atom. The van der Waals surface area contributed by atoms with Crippen molar-refractivity contribution in [2.24, 2.45) is 0 Å². The zero-order valence-electron chi connectivity index (χ0n) is 12.9. The SMILES string of the molecule is Cc1ccc2oc3ccc4c5cc(C)ccc5n(I)c4c3c2c1. The van der Waals surface area contributed by atoms with Crippen molar-refractivity contribution in [3.8, 4) is 0 Å². The van der Waals surface area contributed by atoms with Gasteiger partial charge in [-0.15, -0.1) is 0 Å². The molecule has 0 spiro atoms. The first kappa shape index (κ1) is 13.4. The van der Waals surface area contributed by atoms with Gasteiger partial charge >= 0.3 is 0 Å². The summed E-state index contributed by atoms with van der Waals surface area (Å²) in [7, 11) is 0. The van der Waals surface area contributed by atoms with Crippen LogP contribution in [0, 0.1) is 13.8 Å². The smallest absolute Gasteiger partial charge is 0.137 e. The molecule has 0 aliphatic rings. The third-order valence-corrected chi connectivity index (χ3v) is 5.62. The molecule has 3 heteroatoms. The Hall–Kier alpha value is -2.01. The summed E-state index contributed by atoms with van der Waals surface area (Å²) in [6.45, 7) is 4.27. The maximum Gasteiger partial charge on any atom is 0.137 e. The van der Waals surface area contributed by atoms with Crippen molar-refractivity contribution in [2.45, 2.75) is 13.8 Å². The monoisotopic (exact) mass is 411 g/mol. The van der Waals surface area contributed by atoms with E-state index in [0.29, 0.717) is 0 Å². The van der Waals surface area contributed by atoms with Crippen molar-refractivity contribution < 1.29 is 4.42 Å². The third kappa shape index (κ3) is 1.74. The number of aryl methyl sites for hydroxylation is 2. The number of fused-ring (bicyclic) bond motifs is 7. The first-order valence-corrected chi connectivity index (χ1v) is 8.63. The highest BCUT2D eigenvalue weighted by Gasteiger charge is 2.17. The molecule has 0 saturated heterocycles. The summed E-state index contributed by atoms with van der Waals surface area (Å²) in [6.07, 6.45) is 0. The van der Waals surface area contributed by atoms with Gasteiger partial charge in [-0.05, 0) is 50.2 Å². The third-order valence-electron chi connectivity index (χ3n) is 4.61. The number of hydrogen-bond acceptors (Lipinski definition) is 1. The summed E-state index contributed by atoms with van der Waals surface area (Å²) in [6, 6.07) is 17.3. The standard InChI is InChI=1S/C20H14INO/c1-11-3-6-16-14(9-11)13-5-8-18-19(20(13)22(16)21)15-10-12(2)4-7-17(15)23-18/h3-10H,1-2H3. The van der Waals surface area contributed by atoms with Gasteiger partial charge in [0.05, 0.1) is 39.3 Å². The zero-order valence-corrected chi connectivity index (χ0v) is 15.0. The van der Waals surface area contributed by atoms with Crippen LogP contribution in [-0.4, -0.2) is 2.78 Å². The van der Waals surface area contributed by atoms with Crippen LogP contribution in [0.15, 0.2) is 52.9 Å². The second-order valence-corrected chi connectivity index (χ2v) is 7.20. The first-order valence-electron chi connectivity index (χ1n) is 7.66. The highest BCUT2D eigenvalue weighted by molar-refractivity contribution is 14.1. The van der Waals surface area contributed by atoms with Crippen molar-refractivity contribution >= 4 is 66.6 Å². The molecule has 0 N–H and O–H groups in total. The number of rotatable bonds is 0. The molecule has 2 aromatic heterocycles. The molecule has 5 aromatic rings. The number of hydrogen-bond donors (Lipinski definition) is 0. The number of aromatic nitrogens is 1. The molecule has 2 heterocycles. The van der Waals surface area contributed by atoms with Gasteiger partial charge in [0.2, 0.25) is 0 Å². The Balaban J connectivity index is 2.13. The van der Waals surface area contributed by atoms with Crippen LogP contribution in [0.2, 0.25) is 0 Å². The molecule has 112 valence electrons. The summed E-state index contributed by atoms with van der Waals surface area (Å²) in [5.74, 6) is 0. The van der Waals surface area contributed by atoms with Gasteiger partial charge in [0.25, 0.3) is 0 Å². The summed E-state index contributed by atoms with van der Waals surface area (Å²) in [4.78, 5) is 0. The lowest BCUT2D eigenvalue weighted by Gasteiger charge is -1.98. The van der Waals surface area contributed by atoms with Crippen molar-refractivity contribution in [3.05, 3.63) is 59.7 Å². The molecule has 0 bridgehead atoms. The highest BCUT2D eigenvalue weighted by atomic mass is 127. The molecule has 0 aliphatic carbocycles. The zero-order chi connectivity index (χ0) is 15.7. The van der Waals surface area contributed by atoms with Crippen LogP contribution in [0.3, 0.4) is 0 Å². The van der Waals surface area contributed by atoms with E-state index in [1.165, 1.54) is 43.7 Å². The molecule has 3 aromatic carbocycles. The summed E-state index contributed by atoms with van der Waals surface area (Å²) in [5.41, 5.74) is 6.94. The molecule has 0 amide bonds. The molecule has 5 rings (SSSR count). The Morgan fingerprint density at radius 2 is 1.48 bits per heavy atom. The maximum absolute atomic E-state index is 6.07. The van der Waals surface area contributed by atoms with Crippen LogP contribution in [0.4, 0.5) is 0 Å². The van der Waals surface area contributed by atoms with E-state index in [1.54, 1.807) is 0 Å². The number of nitrogens with zero attached hydrogens (tertiary/aromatic N) is 1. The average Bonchev–Trinajstić information content (AvgIpc) is 3.03.